The van der Waals surface area contributed by atoms with Gasteiger partial charge >= 0.3 is 0 Å². The lowest BCUT2D eigenvalue weighted by Crippen LogP contribution is -2.86. The molecule has 0 aliphatic rings. The summed E-state index contributed by atoms with van der Waals surface area (Å²) < 4.78 is 18.7. The van der Waals surface area contributed by atoms with Gasteiger partial charge in [0.15, 0.2) is 12.3 Å². The third kappa shape index (κ3) is 3.82. The molecule has 6 heteroatoms. The van der Waals surface area contributed by atoms with E-state index in [1.54, 1.807) is 12.3 Å². The minimum atomic E-state index is -0.551. The molecule has 0 spiro atoms. The van der Waals surface area contributed by atoms with E-state index in [9.17, 15) is 9.18 Å². The first kappa shape index (κ1) is 14.6. The number of hydrogen-bond acceptors (Lipinski definition) is 2. The highest BCUT2D eigenvalue weighted by Gasteiger charge is 2.14. The molecule has 1 aromatic heterocycles. The van der Waals surface area contributed by atoms with Gasteiger partial charge in [-0.1, -0.05) is 11.6 Å². The molecule has 1 atom stereocenters. The van der Waals surface area contributed by atoms with E-state index in [1.165, 1.54) is 12.1 Å². The van der Waals surface area contributed by atoms with E-state index in [2.05, 4.69) is 5.32 Å². The van der Waals surface area contributed by atoms with Crippen LogP contribution in [0.3, 0.4) is 0 Å². The first-order valence-electron chi connectivity index (χ1n) is 6.18. The molecule has 0 bridgehead atoms. The van der Waals surface area contributed by atoms with Crippen molar-refractivity contribution in [1.82, 2.24) is 0 Å². The SMILES string of the molecule is C[C@H]([NH2+]CC(=O)Nc1ccc(Cl)cc1F)c1ccco1. The van der Waals surface area contributed by atoms with Crippen LogP contribution >= 0.6 is 11.6 Å². The molecular formula is C14H15ClFN2O2+. The Morgan fingerprint density at radius 3 is 2.95 bits per heavy atom. The molecule has 0 unspecified atom stereocenters. The molecule has 0 aliphatic heterocycles. The third-order valence-electron chi connectivity index (χ3n) is 2.85. The second-order valence-corrected chi connectivity index (χ2v) is 4.85. The Labute approximate surface area is 120 Å². The topological polar surface area (TPSA) is 58.9 Å². The minimum absolute atomic E-state index is 0.0193. The monoisotopic (exact) mass is 297 g/mol. The van der Waals surface area contributed by atoms with E-state index in [4.69, 9.17) is 16.0 Å². The van der Waals surface area contributed by atoms with Crippen LogP contribution in [0.4, 0.5) is 10.1 Å². The highest BCUT2D eigenvalue weighted by molar-refractivity contribution is 6.30. The van der Waals surface area contributed by atoms with Crippen LogP contribution in [0.5, 0.6) is 0 Å². The molecule has 2 rings (SSSR count). The van der Waals surface area contributed by atoms with Gasteiger partial charge < -0.3 is 15.1 Å². The zero-order chi connectivity index (χ0) is 14.5. The predicted octanol–water partition coefficient (Wildman–Crippen LogP) is 2.34. The van der Waals surface area contributed by atoms with Gasteiger partial charge in [-0.25, -0.2) is 4.39 Å². The molecule has 0 radical (unpaired) electrons. The van der Waals surface area contributed by atoms with Crippen LogP contribution in [0.1, 0.15) is 18.7 Å². The summed E-state index contributed by atoms with van der Waals surface area (Å²) in [6.07, 6.45) is 1.59. The van der Waals surface area contributed by atoms with Crippen LogP contribution in [0.2, 0.25) is 5.02 Å². The van der Waals surface area contributed by atoms with Crippen molar-refractivity contribution in [3.63, 3.8) is 0 Å². The average Bonchev–Trinajstić information content (AvgIpc) is 2.93. The van der Waals surface area contributed by atoms with Gasteiger partial charge in [-0.3, -0.25) is 4.79 Å². The van der Waals surface area contributed by atoms with Gasteiger partial charge in [0, 0.05) is 5.02 Å². The molecule has 20 heavy (non-hydrogen) atoms. The van der Waals surface area contributed by atoms with E-state index in [0.717, 1.165) is 11.8 Å². The lowest BCUT2D eigenvalue weighted by atomic mass is 10.2. The number of halogens is 2. The molecule has 106 valence electrons. The van der Waals surface area contributed by atoms with E-state index < -0.39 is 5.82 Å². The second-order valence-electron chi connectivity index (χ2n) is 4.42. The number of carbonyl (C=O) groups excluding carboxylic acids is 1. The normalized spacial score (nSPS) is 12.2. The largest absolute Gasteiger partial charge is 0.463 e. The van der Waals surface area contributed by atoms with E-state index in [-0.39, 0.29) is 24.2 Å². The maximum atomic E-state index is 13.5. The fourth-order valence-corrected chi connectivity index (χ4v) is 1.90. The van der Waals surface area contributed by atoms with Crippen LogP contribution in [0.15, 0.2) is 41.0 Å². The number of benzene rings is 1. The van der Waals surface area contributed by atoms with E-state index >= 15 is 0 Å². The van der Waals surface area contributed by atoms with Gasteiger partial charge in [-0.05, 0) is 37.3 Å². The van der Waals surface area contributed by atoms with Crippen molar-refractivity contribution in [1.29, 1.82) is 0 Å². The van der Waals surface area contributed by atoms with Crippen LogP contribution in [0, 0.1) is 5.82 Å². The molecular weight excluding hydrogens is 283 g/mol. The summed E-state index contributed by atoms with van der Waals surface area (Å²) in [5.74, 6) is -0.0509. The van der Waals surface area contributed by atoms with Gasteiger partial charge in [0.25, 0.3) is 5.91 Å². The lowest BCUT2D eigenvalue weighted by Gasteiger charge is -2.09. The summed E-state index contributed by atoms with van der Waals surface area (Å²) in [5, 5.41) is 4.60. The average molecular weight is 298 g/mol. The summed E-state index contributed by atoms with van der Waals surface area (Å²) in [5.41, 5.74) is 0.124. The summed E-state index contributed by atoms with van der Waals surface area (Å²) in [6, 6.07) is 7.78. The van der Waals surface area contributed by atoms with Crippen molar-refractivity contribution in [2.45, 2.75) is 13.0 Å². The first-order valence-corrected chi connectivity index (χ1v) is 6.55. The Hall–Kier alpha value is -1.85. The first-order chi connectivity index (χ1) is 9.56. The Bertz CT molecular complexity index is 587. The number of amides is 1. The van der Waals surface area contributed by atoms with Crippen molar-refractivity contribution in [2.24, 2.45) is 0 Å². The zero-order valence-electron chi connectivity index (χ0n) is 10.9. The number of nitrogens with one attached hydrogen (secondary N) is 1. The molecule has 1 amide bonds. The molecule has 0 fully saturated rings. The van der Waals surface area contributed by atoms with Crippen molar-refractivity contribution in [3.8, 4) is 0 Å². The molecule has 3 N–H and O–H groups in total. The van der Waals surface area contributed by atoms with Crippen LogP contribution in [-0.2, 0) is 4.79 Å². The number of anilines is 1. The zero-order valence-corrected chi connectivity index (χ0v) is 11.7. The second kappa shape index (κ2) is 6.54. The fourth-order valence-electron chi connectivity index (χ4n) is 1.74. The summed E-state index contributed by atoms with van der Waals surface area (Å²) >= 11 is 5.64. The van der Waals surface area contributed by atoms with Crippen molar-refractivity contribution >= 4 is 23.2 Å². The van der Waals surface area contributed by atoms with Gasteiger partial charge in [0.2, 0.25) is 0 Å². The van der Waals surface area contributed by atoms with Gasteiger partial charge in [-0.15, -0.1) is 0 Å². The molecule has 1 heterocycles. The quantitative estimate of drug-likeness (QED) is 0.890. The number of rotatable bonds is 5. The van der Waals surface area contributed by atoms with Crippen molar-refractivity contribution in [3.05, 3.63) is 53.2 Å². The van der Waals surface area contributed by atoms with Gasteiger partial charge in [-0.2, -0.15) is 0 Å². The van der Waals surface area contributed by atoms with Gasteiger partial charge in [0.1, 0.15) is 11.9 Å². The van der Waals surface area contributed by atoms with Crippen LogP contribution < -0.4 is 10.6 Å². The van der Waals surface area contributed by atoms with E-state index in [1.807, 2.05) is 18.3 Å². The fraction of sp³-hybridized carbons (Fsp3) is 0.214. The highest BCUT2D eigenvalue weighted by Crippen LogP contribution is 2.18. The lowest BCUT2D eigenvalue weighted by molar-refractivity contribution is -0.684. The maximum absolute atomic E-state index is 13.5. The highest BCUT2D eigenvalue weighted by atomic mass is 35.5. The number of carbonyl (C=O) groups is 1. The van der Waals surface area contributed by atoms with E-state index in [0.29, 0.717) is 5.02 Å². The van der Waals surface area contributed by atoms with Crippen LogP contribution in [0.25, 0.3) is 0 Å². The predicted molar refractivity (Wildman–Crippen MR) is 74.0 cm³/mol. The number of hydrogen-bond donors (Lipinski definition) is 2. The summed E-state index contributed by atoms with van der Waals surface area (Å²) in [6.45, 7) is 2.10. The molecule has 1 aromatic carbocycles. The Morgan fingerprint density at radius 1 is 1.50 bits per heavy atom. The molecule has 0 aliphatic carbocycles. The Balaban J connectivity index is 1.86. The number of furan rings is 1. The Morgan fingerprint density at radius 2 is 2.30 bits per heavy atom. The van der Waals surface area contributed by atoms with Crippen molar-refractivity contribution < 1.29 is 18.9 Å². The minimum Gasteiger partial charge on any atom is -0.463 e. The number of quaternary nitrogens is 1. The Kier molecular flexibility index (Phi) is 4.76. The molecule has 4 nitrogen and oxygen atoms in total. The summed E-state index contributed by atoms with van der Waals surface area (Å²) in [7, 11) is 0. The summed E-state index contributed by atoms with van der Waals surface area (Å²) in [4.78, 5) is 11.8. The third-order valence-corrected chi connectivity index (χ3v) is 3.09. The van der Waals surface area contributed by atoms with Crippen LogP contribution in [-0.4, -0.2) is 12.5 Å². The van der Waals surface area contributed by atoms with Gasteiger partial charge in [0.05, 0.1) is 12.0 Å². The van der Waals surface area contributed by atoms with Crippen molar-refractivity contribution in [2.75, 3.05) is 11.9 Å². The standard InChI is InChI=1S/C14H14ClFN2O2/c1-9(13-3-2-6-20-13)17-8-14(19)18-12-5-4-10(15)7-11(12)16/h2-7,9,17H,8H2,1H3,(H,18,19)/p+1/t9-/m0/s1. The molecule has 2 aromatic rings. The molecule has 0 saturated heterocycles. The molecule has 0 saturated carbocycles. The maximum Gasteiger partial charge on any atom is 0.279 e. The number of nitrogens with two attached hydrogens (primary N) is 1. The smallest absolute Gasteiger partial charge is 0.279 e.